The quantitative estimate of drug-likeness (QED) is 0.872. The molecule has 22 heavy (non-hydrogen) atoms. The molecular weight excluding hydrogens is 275 g/mol. The fraction of sp³-hybridized carbons (Fsp3) is 0.667. The molecule has 2 saturated carbocycles. The van der Waals surface area contributed by atoms with Gasteiger partial charge in [0.1, 0.15) is 0 Å². The van der Waals surface area contributed by atoms with Gasteiger partial charge in [-0.3, -0.25) is 0 Å². The van der Waals surface area contributed by atoms with Crippen molar-refractivity contribution >= 4 is 12.6 Å². The summed E-state index contributed by atoms with van der Waals surface area (Å²) in [6.07, 6.45) is 4.38. The van der Waals surface area contributed by atoms with Gasteiger partial charge in [0.15, 0.2) is 0 Å². The molecule has 118 valence electrons. The molecule has 1 N–H and O–H groups in total. The summed E-state index contributed by atoms with van der Waals surface area (Å²) in [7, 11) is -0.260. The maximum Gasteiger partial charge on any atom is 0.494 e. The highest BCUT2D eigenvalue weighted by atomic mass is 16.7. The molecule has 4 heteroatoms. The van der Waals surface area contributed by atoms with Crippen LogP contribution in [0.15, 0.2) is 24.3 Å². The number of rotatable bonds is 3. The fourth-order valence-electron chi connectivity index (χ4n) is 3.80. The van der Waals surface area contributed by atoms with Crippen molar-refractivity contribution in [1.82, 2.24) is 0 Å². The third kappa shape index (κ3) is 2.42. The molecule has 0 radical (unpaired) electrons. The van der Waals surface area contributed by atoms with Crippen LogP contribution in [0.2, 0.25) is 0 Å². The van der Waals surface area contributed by atoms with Gasteiger partial charge in [0, 0.05) is 0 Å². The van der Waals surface area contributed by atoms with Crippen LogP contribution < -0.4 is 5.46 Å². The summed E-state index contributed by atoms with van der Waals surface area (Å²) >= 11 is 0. The van der Waals surface area contributed by atoms with Crippen LogP contribution >= 0.6 is 0 Å². The minimum Gasteiger partial charge on any atom is -0.402 e. The van der Waals surface area contributed by atoms with Gasteiger partial charge in [0.05, 0.1) is 17.3 Å². The predicted molar refractivity (Wildman–Crippen MR) is 87.2 cm³/mol. The number of hydrogen-bond acceptors (Lipinski definition) is 3. The highest BCUT2D eigenvalue weighted by Gasteiger charge is 2.52. The Morgan fingerprint density at radius 1 is 1.14 bits per heavy atom. The van der Waals surface area contributed by atoms with E-state index < -0.39 is 0 Å². The van der Waals surface area contributed by atoms with Crippen LogP contribution in [0.4, 0.5) is 0 Å². The Labute approximate surface area is 133 Å². The van der Waals surface area contributed by atoms with E-state index in [4.69, 9.17) is 9.31 Å². The molecule has 0 spiro atoms. The topological polar surface area (TPSA) is 38.7 Å². The molecule has 1 aliphatic heterocycles. The van der Waals surface area contributed by atoms with E-state index in [1.54, 1.807) is 0 Å². The van der Waals surface area contributed by atoms with E-state index in [-0.39, 0.29) is 24.4 Å². The second-order valence-corrected chi connectivity index (χ2v) is 7.98. The summed E-state index contributed by atoms with van der Waals surface area (Å²) in [5, 5.41) is 10.5. The standard InChI is InChI=1S/C18H25BO3/c1-12-17(2,3)22-19(21-12)16-8-4-13(5-9-16)14-10-18(20,11-14)15-6-7-15/h4-5,8-9,12,14-15,20H,6-7,10-11H2,1-3H3. The molecule has 0 bridgehead atoms. The molecule has 3 nitrogen and oxygen atoms in total. The molecule has 1 unspecified atom stereocenters. The maximum absolute atomic E-state index is 10.5. The van der Waals surface area contributed by atoms with Gasteiger partial charge >= 0.3 is 7.12 Å². The molecule has 3 aliphatic rings. The summed E-state index contributed by atoms with van der Waals surface area (Å²) < 4.78 is 11.9. The van der Waals surface area contributed by atoms with Gasteiger partial charge in [-0.25, -0.2) is 0 Å². The molecule has 1 aromatic rings. The number of benzene rings is 1. The molecule has 1 aromatic carbocycles. The predicted octanol–water partition coefficient (Wildman–Crippen LogP) is 2.61. The van der Waals surface area contributed by atoms with Crippen molar-refractivity contribution in [3.05, 3.63) is 29.8 Å². The molecule has 2 aliphatic carbocycles. The average Bonchev–Trinajstić information content (AvgIpc) is 3.24. The molecule has 3 fully saturated rings. The Balaban J connectivity index is 1.42. The molecule has 1 atom stereocenters. The third-order valence-corrected chi connectivity index (χ3v) is 5.93. The van der Waals surface area contributed by atoms with Crippen molar-refractivity contribution in [1.29, 1.82) is 0 Å². The summed E-state index contributed by atoms with van der Waals surface area (Å²) in [5.41, 5.74) is 1.82. The first-order chi connectivity index (χ1) is 10.4. The Morgan fingerprint density at radius 3 is 2.27 bits per heavy atom. The van der Waals surface area contributed by atoms with Crippen molar-refractivity contribution in [3.8, 4) is 0 Å². The first-order valence-corrected chi connectivity index (χ1v) is 8.53. The summed E-state index contributed by atoms with van der Waals surface area (Å²) in [6, 6.07) is 8.58. The average molecular weight is 300 g/mol. The van der Waals surface area contributed by atoms with E-state index in [1.807, 2.05) is 0 Å². The monoisotopic (exact) mass is 300 g/mol. The Morgan fingerprint density at radius 2 is 1.77 bits per heavy atom. The Bertz CT molecular complexity index is 558. The molecular formula is C18H25BO3. The summed E-state index contributed by atoms with van der Waals surface area (Å²) in [6.45, 7) is 6.19. The first kappa shape index (κ1) is 14.7. The van der Waals surface area contributed by atoms with E-state index in [0.29, 0.717) is 11.8 Å². The van der Waals surface area contributed by atoms with E-state index in [1.165, 1.54) is 18.4 Å². The fourth-order valence-corrected chi connectivity index (χ4v) is 3.80. The molecule has 0 aromatic heterocycles. The second kappa shape index (κ2) is 4.83. The highest BCUT2D eigenvalue weighted by Crippen LogP contribution is 2.55. The lowest BCUT2D eigenvalue weighted by Gasteiger charge is -2.44. The lowest BCUT2D eigenvalue weighted by Crippen LogP contribution is -2.44. The van der Waals surface area contributed by atoms with Crippen molar-refractivity contribution in [3.63, 3.8) is 0 Å². The van der Waals surface area contributed by atoms with Crippen LogP contribution in [0, 0.1) is 5.92 Å². The lowest BCUT2D eigenvalue weighted by atomic mass is 9.65. The van der Waals surface area contributed by atoms with Crippen molar-refractivity contribution in [2.24, 2.45) is 5.92 Å². The number of hydrogen-bond donors (Lipinski definition) is 1. The molecule has 1 saturated heterocycles. The zero-order valence-corrected chi connectivity index (χ0v) is 13.7. The van der Waals surface area contributed by atoms with Gasteiger partial charge in [0.2, 0.25) is 0 Å². The van der Waals surface area contributed by atoms with Crippen molar-refractivity contribution in [2.45, 2.75) is 69.7 Å². The van der Waals surface area contributed by atoms with E-state index in [2.05, 4.69) is 45.0 Å². The van der Waals surface area contributed by atoms with Gasteiger partial charge in [-0.1, -0.05) is 24.3 Å². The minimum atomic E-state index is -0.361. The molecule has 0 amide bonds. The maximum atomic E-state index is 10.5. The van der Waals surface area contributed by atoms with Crippen LogP contribution in [-0.4, -0.2) is 29.5 Å². The first-order valence-electron chi connectivity index (χ1n) is 8.53. The van der Waals surface area contributed by atoms with E-state index in [9.17, 15) is 5.11 Å². The molecule has 4 rings (SSSR count). The summed E-state index contributed by atoms with van der Waals surface area (Å²) in [4.78, 5) is 0. The molecule has 1 heterocycles. The third-order valence-electron chi connectivity index (χ3n) is 5.93. The van der Waals surface area contributed by atoms with E-state index in [0.717, 1.165) is 18.3 Å². The smallest absolute Gasteiger partial charge is 0.402 e. The zero-order chi connectivity index (χ0) is 15.5. The van der Waals surface area contributed by atoms with Crippen LogP contribution in [0.1, 0.15) is 57.9 Å². The van der Waals surface area contributed by atoms with Crippen molar-refractivity contribution in [2.75, 3.05) is 0 Å². The second-order valence-electron chi connectivity index (χ2n) is 7.98. The zero-order valence-electron chi connectivity index (χ0n) is 13.7. The largest absolute Gasteiger partial charge is 0.494 e. The van der Waals surface area contributed by atoms with Crippen LogP contribution in [-0.2, 0) is 9.31 Å². The van der Waals surface area contributed by atoms with Crippen LogP contribution in [0.5, 0.6) is 0 Å². The normalized spacial score (nSPS) is 37.2. The summed E-state index contributed by atoms with van der Waals surface area (Å²) in [5.74, 6) is 1.09. The highest BCUT2D eigenvalue weighted by molar-refractivity contribution is 6.61. The van der Waals surface area contributed by atoms with Crippen LogP contribution in [0.25, 0.3) is 0 Å². The van der Waals surface area contributed by atoms with Gasteiger partial charge in [-0.15, -0.1) is 0 Å². The van der Waals surface area contributed by atoms with Gasteiger partial charge < -0.3 is 14.4 Å². The van der Waals surface area contributed by atoms with Gasteiger partial charge in [0.25, 0.3) is 0 Å². The SMILES string of the molecule is CC1OB(c2ccc(C3CC(O)(C4CC4)C3)cc2)OC1(C)C. The van der Waals surface area contributed by atoms with Crippen molar-refractivity contribution < 1.29 is 14.4 Å². The van der Waals surface area contributed by atoms with Gasteiger partial charge in [-0.2, -0.15) is 0 Å². The van der Waals surface area contributed by atoms with Gasteiger partial charge in [-0.05, 0) is 69.3 Å². The number of aliphatic hydroxyl groups is 1. The lowest BCUT2D eigenvalue weighted by molar-refractivity contribution is -0.0679. The minimum absolute atomic E-state index is 0.0948. The Kier molecular flexibility index (Phi) is 3.23. The Hall–Kier alpha value is -0.835. The van der Waals surface area contributed by atoms with E-state index >= 15 is 0 Å². The van der Waals surface area contributed by atoms with Crippen LogP contribution in [0.3, 0.4) is 0 Å².